The van der Waals surface area contributed by atoms with Gasteiger partial charge in [-0.3, -0.25) is 4.79 Å². The van der Waals surface area contributed by atoms with Crippen molar-refractivity contribution in [2.45, 2.75) is 18.2 Å². The van der Waals surface area contributed by atoms with Gasteiger partial charge in [0.25, 0.3) is 0 Å². The van der Waals surface area contributed by atoms with Crippen LogP contribution in [0.25, 0.3) is 0 Å². The summed E-state index contributed by atoms with van der Waals surface area (Å²) in [5, 5.41) is 4.54. The number of nitrogens with one attached hydrogen (secondary N) is 1. The van der Waals surface area contributed by atoms with Crippen molar-refractivity contribution in [1.29, 1.82) is 0 Å². The first-order valence-electron chi connectivity index (χ1n) is 11.9. The monoisotopic (exact) mass is 609 g/mol. The van der Waals surface area contributed by atoms with E-state index in [1.807, 2.05) is 40.4 Å². The van der Waals surface area contributed by atoms with E-state index >= 15 is 0 Å². The molecule has 206 valence electrons. The molecule has 0 radical (unpaired) electrons. The molecule has 0 bridgehead atoms. The first-order valence-corrected chi connectivity index (χ1v) is 13.5. The van der Waals surface area contributed by atoms with Gasteiger partial charge in [0, 0.05) is 33.5 Å². The van der Waals surface area contributed by atoms with Gasteiger partial charge in [-0.15, -0.1) is 0 Å². The summed E-state index contributed by atoms with van der Waals surface area (Å²) in [7, 11) is 3.10. The van der Waals surface area contributed by atoms with Gasteiger partial charge < -0.3 is 29.3 Å². The lowest BCUT2D eigenvalue weighted by Gasteiger charge is -2.31. The Morgan fingerprint density at radius 1 is 0.949 bits per heavy atom. The van der Waals surface area contributed by atoms with Crippen LogP contribution in [0.1, 0.15) is 17.2 Å². The van der Waals surface area contributed by atoms with Crippen LogP contribution in [0.15, 0.2) is 73.1 Å². The minimum Gasteiger partial charge on any atom is -0.497 e. The quantitative estimate of drug-likeness (QED) is 0.183. The van der Waals surface area contributed by atoms with E-state index < -0.39 is 11.6 Å². The zero-order valence-electron chi connectivity index (χ0n) is 21.2. The fraction of sp³-hybridized carbons (Fsp3) is 0.250. The average Bonchev–Trinajstić information content (AvgIpc) is 3.38. The Bertz CT molecular complexity index is 1320. The minimum atomic E-state index is -0.597. The minimum absolute atomic E-state index is 0.101. The number of ether oxygens (including phenoxy) is 3. The summed E-state index contributed by atoms with van der Waals surface area (Å²) in [4.78, 5) is 16.6. The number of methoxy groups -OCH3 is 2. The number of halogens is 4. The molecule has 3 aromatic rings. The molecule has 1 aliphatic rings. The lowest BCUT2D eigenvalue weighted by molar-refractivity contribution is -0.117. The standard InChI is InChI=1S/C28H27Cl4N3O4/c1-37-22-9-10-25(38-2)24(14-22)33-26(36)15-34-11-12-35(17-34)28(32)27(18-3-6-20(29)7-4-18)39-16-19-5-8-21(30)13-23(19)31/h3-14,27-28H,15-17H2,1-2H3,(H,33,36). The largest absolute Gasteiger partial charge is 0.497 e. The molecule has 2 unspecified atom stereocenters. The lowest BCUT2D eigenvalue weighted by atomic mass is 10.1. The number of rotatable bonds is 11. The molecule has 39 heavy (non-hydrogen) atoms. The molecule has 2 atom stereocenters. The van der Waals surface area contributed by atoms with Gasteiger partial charge in [0.05, 0.1) is 39.7 Å². The highest BCUT2D eigenvalue weighted by atomic mass is 35.5. The van der Waals surface area contributed by atoms with Gasteiger partial charge >= 0.3 is 0 Å². The Morgan fingerprint density at radius 3 is 2.38 bits per heavy atom. The second-order valence-corrected chi connectivity index (χ2v) is 10.4. The van der Waals surface area contributed by atoms with Gasteiger partial charge in [-0.25, -0.2) is 0 Å². The Labute approximate surface area is 247 Å². The summed E-state index contributed by atoms with van der Waals surface area (Å²) in [6.45, 7) is 0.703. The van der Waals surface area contributed by atoms with E-state index in [0.29, 0.717) is 38.9 Å². The van der Waals surface area contributed by atoms with Crippen molar-refractivity contribution in [2.24, 2.45) is 0 Å². The Morgan fingerprint density at radius 2 is 1.69 bits per heavy atom. The van der Waals surface area contributed by atoms with Gasteiger partial charge in [-0.05, 0) is 47.5 Å². The maximum Gasteiger partial charge on any atom is 0.244 e. The molecule has 4 rings (SSSR count). The van der Waals surface area contributed by atoms with E-state index in [9.17, 15) is 4.79 Å². The first kappa shape index (κ1) is 29.2. The SMILES string of the molecule is COc1ccc(OC)c(NC(=O)CN2C=CN(C(Cl)C(OCc3ccc(Cl)cc3Cl)c3ccc(Cl)cc3)C2)c1. The number of carbonyl (C=O) groups is 1. The molecule has 7 nitrogen and oxygen atoms in total. The van der Waals surface area contributed by atoms with Crippen LogP contribution in [0.3, 0.4) is 0 Å². The molecule has 0 aromatic heterocycles. The summed E-state index contributed by atoms with van der Waals surface area (Å²) in [5.41, 5.74) is 1.56. The van der Waals surface area contributed by atoms with Crippen LogP contribution in [-0.4, -0.2) is 48.6 Å². The molecule has 1 N–H and O–H groups in total. The van der Waals surface area contributed by atoms with E-state index in [1.54, 1.807) is 56.7 Å². The smallest absolute Gasteiger partial charge is 0.244 e. The molecule has 1 heterocycles. The number of carbonyl (C=O) groups excluding carboxylic acids is 1. The highest BCUT2D eigenvalue weighted by Gasteiger charge is 2.30. The maximum atomic E-state index is 12.8. The fourth-order valence-electron chi connectivity index (χ4n) is 4.01. The van der Waals surface area contributed by atoms with Crippen molar-refractivity contribution < 1.29 is 19.0 Å². The predicted molar refractivity (Wildman–Crippen MR) is 156 cm³/mol. The third-order valence-corrected chi connectivity index (χ3v) is 7.36. The molecule has 3 aromatic carbocycles. The zero-order chi connectivity index (χ0) is 27.9. The fourth-order valence-corrected chi connectivity index (χ4v) is 4.95. The van der Waals surface area contributed by atoms with E-state index in [0.717, 1.165) is 11.1 Å². The molecular formula is C28H27Cl4N3O4. The van der Waals surface area contributed by atoms with Gasteiger partial charge in [-0.1, -0.05) is 64.6 Å². The Balaban J connectivity index is 1.42. The van der Waals surface area contributed by atoms with Crippen LogP contribution in [0.2, 0.25) is 15.1 Å². The second kappa shape index (κ2) is 13.5. The molecule has 1 amide bonds. The molecular weight excluding hydrogens is 584 g/mol. The van der Waals surface area contributed by atoms with Crippen molar-refractivity contribution >= 4 is 58.0 Å². The van der Waals surface area contributed by atoms with Crippen LogP contribution in [0, 0.1) is 0 Å². The van der Waals surface area contributed by atoms with Gasteiger partial charge in [0.2, 0.25) is 5.91 Å². The van der Waals surface area contributed by atoms with Crippen molar-refractivity contribution in [2.75, 3.05) is 32.7 Å². The third kappa shape index (κ3) is 7.65. The third-order valence-electron chi connectivity index (χ3n) is 6.04. The molecule has 1 aliphatic heterocycles. The van der Waals surface area contributed by atoms with Crippen LogP contribution >= 0.6 is 46.4 Å². The number of nitrogens with zero attached hydrogens (tertiary/aromatic N) is 2. The lowest BCUT2D eigenvalue weighted by Crippen LogP contribution is -2.38. The summed E-state index contributed by atoms with van der Waals surface area (Å²) >= 11 is 25.5. The maximum absolute atomic E-state index is 12.8. The number of hydrogen-bond donors (Lipinski definition) is 1. The topological polar surface area (TPSA) is 63.3 Å². The van der Waals surface area contributed by atoms with Gasteiger partial charge in [0.1, 0.15) is 23.1 Å². The van der Waals surface area contributed by atoms with Gasteiger partial charge in [-0.2, -0.15) is 0 Å². The molecule has 0 spiro atoms. The van der Waals surface area contributed by atoms with Crippen LogP contribution in [0.4, 0.5) is 5.69 Å². The highest BCUT2D eigenvalue weighted by molar-refractivity contribution is 6.35. The number of amides is 1. The normalized spacial score (nSPS) is 14.3. The molecule has 0 aliphatic carbocycles. The average molecular weight is 611 g/mol. The zero-order valence-corrected chi connectivity index (χ0v) is 24.3. The molecule has 0 saturated heterocycles. The second-order valence-electron chi connectivity index (χ2n) is 8.71. The molecule has 0 saturated carbocycles. The van der Waals surface area contributed by atoms with Gasteiger partial charge in [0.15, 0.2) is 0 Å². The van der Waals surface area contributed by atoms with Crippen molar-refractivity contribution in [3.8, 4) is 11.5 Å². The van der Waals surface area contributed by atoms with E-state index in [4.69, 9.17) is 60.6 Å². The van der Waals surface area contributed by atoms with Crippen LogP contribution < -0.4 is 14.8 Å². The van der Waals surface area contributed by atoms with Crippen LogP contribution in [0.5, 0.6) is 11.5 Å². The number of anilines is 1. The van der Waals surface area contributed by atoms with Crippen molar-refractivity contribution in [3.63, 3.8) is 0 Å². The highest BCUT2D eigenvalue weighted by Crippen LogP contribution is 2.33. The van der Waals surface area contributed by atoms with E-state index in [1.165, 1.54) is 0 Å². The Hall–Kier alpha value is -2.81. The van der Waals surface area contributed by atoms with Crippen molar-refractivity contribution in [3.05, 3.63) is 99.3 Å². The van der Waals surface area contributed by atoms with E-state index in [2.05, 4.69) is 5.32 Å². The van der Waals surface area contributed by atoms with Crippen molar-refractivity contribution in [1.82, 2.24) is 9.80 Å². The summed E-state index contributed by atoms with van der Waals surface area (Å²) in [6.07, 6.45) is 3.11. The molecule has 11 heteroatoms. The number of alkyl halides is 1. The van der Waals surface area contributed by atoms with Crippen LogP contribution in [-0.2, 0) is 16.1 Å². The predicted octanol–water partition coefficient (Wildman–Crippen LogP) is 7.17. The molecule has 0 fully saturated rings. The number of hydrogen-bond acceptors (Lipinski definition) is 6. The Kier molecular flexibility index (Phi) is 10.1. The summed E-state index contributed by atoms with van der Waals surface area (Å²) < 4.78 is 16.9. The summed E-state index contributed by atoms with van der Waals surface area (Å²) in [6, 6.07) is 17.8. The van der Waals surface area contributed by atoms with E-state index in [-0.39, 0.29) is 19.1 Å². The first-order chi connectivity index (χ1) is 18.8. The number of benzene rings is 3. The summed E-state index contributed by atoms with van der Waals surface area (Å²) in [5.74, 6) is 0.922.